The van der Waals surface area contributed by atoms with Gasteiger partial charge in [-0.1, -0.05) is 25.9 Å². The van der Waals surface area contributed by atoms with E-state index in [1.54, 1.807) is 0 Å². The van der Waals surface area contributed by atoms with Crippen LogP contribution < -0.4 is 10.6 Å². The topological polar surface area (TPSA) is 80.0 Å². The van der Waals surface area contributed by atoms with Gasteiger partial charge in [-0.05, 0) is 12.8 Å². The van der Waals surface area contributed by atoms with Crippen molar-refractivity contribution in [3.63, 3.8) is 0 Å². The van der Waals surface area contributed by atoms with Crippen molar-refractivity contribution in [1.82, 2.24) is 20.8 Å². The van der Waals surface area contributed by atoms with Crippen LogP contribution in [-0.4, -0.2) is 28.8 Å². The second-order valence-electron chi connectivity index (χ2n) is 5.69. The highest BCUT2D eigenvalue weighted by atomic mass is 16.5. The van der Waals surface area contributed by atoms with Gasteiger partial charge in [0.1, 0.15) is 0 Å². The standard InChI is InChI=1S/C12H20N4O2/c1-12(2,3)10-15-9(16-18-10)6-7-13-11(17)14-8-4-5-8/h8H,4-7H2,1-3H3,(H2,13,14,17). The lowest BCUT2D eigenvalue weighted by Crippen LogP contribution is -2.37. The minimum absolute atomic E-state index is 0.114. The fourth-order valence-electron chi connectivity index (χ4n) is 1.41. The van der Waals surface area contributed by atoms with Crippen molar-refractivity contribution in [1.29, 1.82) is 0 Å². The third kappa shape index (κ3) is 3.72. The van der Waals surface area contributed by atoms with E-state index >= 15 is 0 Å². The maximum Gasteiger partial charge on any atom is 0.315 e. The Labute approximate surface area is 107 Å². The van der Waals surface area contributed by atoms with E-state index in [-0.39, 0.29) is 11.4 Å². The molecule has 1 fully saturated rings. The molecule has 0 radical (unpaired) electrons. The largest absolute Gasteiger partial charge is 0.339 e. The van der Waals surface area contributed by atoms with Crippen molar-refractivity contribution in [3.05, 3.63) is 11.7 Å². The summed E-state index contributed by atoms with van der Waals surface area (Å²) >= 11 is 0. The van der Waals surface area contributed by atoms with E-state index in [4.69, 9.17) is 4.52 Å². The van der Waals surface area contributed by atoms with Crippen LogP contribution in [0.15, 0.2) is 4.52 Å². The van der Waals surface area contributed by atoms with Gasteiger partial charge in [0.05, 0.1) is 0 Å². The van der Waals surface area contributed by atoms with Crippen molar-refractivity contribution >= 4 is 6.03 Å². The third-order valence-corrected chi connectivity index (χ3v) is 2.66. The summed E-state index contributed by atoms with van der Waals surface area (Å²) in [5.74, 6) is 1.26. The normalized spacial score (nSPS) is 15.5. The lowest BCUT2D eigenvalue weighted by Gasteiger charge is -2.10. The minimum atomic E-state index is -0.137. The summed E-state index contributed by atoms with van der Waals surface area (Å²) in [6.07, 6.45) is 2.76. The average molecular weight is 252 g/mol. The quantitative estimate of drug-likeness (QED) is 0.848. The second kappa shape index (κ2) is 4.96. The Morgan fingerprint density at radius 2 is 2.17 bits per heavy atom. The average Bonchev–Trinajstić information content (AvgIpc) is 2.93. The maximum atomic E-state index is 11.4. The van der Waals surface area contributed by atoms with Crippen LogP contribution in [0.5, 0.6) is 0 Å². The van der Waals surface area contributed by atoms with Crippen LogP contribution >= 0.6 is 0 Å². The Morgan fingerprint density at radius 3 is 2.72 bits per heavy atom. The first kappa shape index (κ1) is 12.9. The summed E-state index contributed by atoms with van der Waals surface area (Å²) < 4.78 is 5.17. The molecule has 0 unspecified atom stereocenters. The van der Waals surface area contributed by atoms with Gasteiger partial charge >= 0.3 is 6.03 Å². The number of urea groups is 1. The minimum Gasteiger partial charge on any atom is -0.339 e. The fourth-order valence-corrected chi connectivity index (χ4v) is 1.41. The molecule has 1 aromatic rings. The number of aromatic nitrogens is 2. The summed E-state index contributed by atoms with van der Waals surface area (Å²) in [6, 6.07) is 0.264. The highest BCUT2D eigenvalue weighted by Gasteiger charge is 2.23. The highest BCUT2D eigenvalue weighted by molar-refractivity contribution is 5.74. The number of rotatable bonds is 4. The number of carbonyl (C=O) groups excluding carboxylic acids is 1. The van der Waals surface area contributed by atoms with Gasteiger partial charge in [0.15, 0.2) is 5.82 Å². The fraction of sp³-hybridized carbons (Fsp3) is 0.750. The van der Waals surface area contributed by atoms with Crippen molar-refractivity contribution in [3.8, 4) is 0 Å². The first-order valence-electron chi connectivity index (χ1n) is 6.32. The van der Waals surface area contributed by atoms with Gasteiger partial charge in [0.25, 0.3) is 0 Å². The summed E-state index contributed by atoms with van der Waals surface area (Å²) in [6.45, 7) is 6.57. The molecule has 1 aromatic heterocycles. The molecule has 18 heavy (non-hydrogen) atoms. The predicted molar refractivity (Wildman–Crippen MR) is 66.3 cm³/mol. The first-order valence-corrected chi connectivity index (χ1v) is 6.32. The molecule has 2 rings (SSSR count). The van der Waals surface area contributed by atoms with E-state index in [1.807, 2.05) is 20.8 Å². The Hall–Kier alpha value is -1.59. The number of nitrogens with zero attached hydrogens (tertiary/aromatic N) is 2. The number of hydrogen-bond acceptors (Lipinski definition) is 4. The Kier molecular flexibility index (Phi) is 3.54. The molecule has 0 aliphatic heterocycles. The number of amides is 2. The van der Waals surface area contributed by atoms with E-state index in [1.165, 1.54) is 0 Å². The molecule has 1 aliphatic rings. The second-order valence-corrected chi connectivity index (χ2v) is 5.69. The molecule has 0 atom stereocenters. The van der Waals surface area contributed by atoms with E-state index in [2.05, 4.69) is 20.8 Å². The summed E-state index contributed by atoms with van der Waals surface area (Å²) in [4.78, 5) is 15.7. The van der Waals surface area contributed by atoms with Gasteiger partial charge in [-0.2, -0.15) is 4.98 Å². The van der Waals surface area contributed by atoms with Gasteiger partial charge in [-0.25, -0.2) is 4.79 Å². The molecule has 0 bridgehead atoms. The third-order valence-electron chi connectivity index (χ3n) is 2.66. The van der Waals surface area contributed by atoms with Crippen LogP contribution in [0.2, 0.25) is 0 Å². The zero-order chi connectivity index (χ0) is 13.2. The van der Waals surface area contributed by atoms with Crippen LogP contribution in [0.3, 0.4) is 0 Å². The lowest BCUT2D eigenvalue weighted by molar-refractivity contribution is 0.240. The summed E-state index contributed by atoms with van der Waals surface area (Å²) in [5.41, 5.74) is -0.137. The van der Waals surface area contributed by atoms with E-state index < -0.39 is 0 Å². The Morgan fingerprint density at radius 1 is 1.44 bits per heavy atom. The van der Waals surface area contributed by atoms with Crippen molar-refractivity contribution in [2.24, 2.45) is 0 Å². The molecular weight excluding hydrogens is 232 g/mol. The molecule has 0 spiro atoms. The molecular formula is C12H20N4O2. The zero-order valence-corrected chi connectivity index (χ0v) is 11.1. The van der Waals surface area contributed by atoms with Crippen LogP contribution in [-0.2, 0) is 11.8 Å². The molecule has 1 heterocycles. The van der Waals surface area contributed by atoms with Crippen LogP contribution in [0.4, 0.5) is 4.79 Å². The molecule has 1 saturated carbocycles. The Balaban J connectivity index is 1.72. The van der Waals surface area contributed by atoms with Crippen molar-refractivity contribution < 1.29 is 9.32 Å². The molecule has 1 aliphatic carbocycles. The van der Waals surface area contributed by atoms with E-state index in [0.717, 1.165) is 12.8 Å². The SMILES string of the molecule is CC(C)(C)c1nc(CCNC(=O)NC2CC2)no1. The molecule has 6 nitrogen and oxygen atoms in total. The summed E-state index contributed by atoms with van der Waals surface area (Å²) in [5, 5.41) is 9.53. The van der Waals surface area contributed by atoms with Gasteiger partial charge in [0, 0.05) is 24.4 Å². The van der Waals surface area contributed by atoms with Gasteiger partial charge in [-0.15, -0.1) is 0 Å². The molecule has 0 saturated heterocycles. The van der Waals surface area contributed by atoms with Crippen molar-refractivity contribution in [2.75, 3.05) is 6.54 Å². The smallest absolute Gasteiger partial charge is 0.315 e. The zero-order valence-electron chi connectivity index (χ0n) is 11.1. The highest BCUT2D eigenvalue weighted by Crippen LogP contribution is 2.19. The monoisotopic (exact) mass is 252 g/mol. The Bertz CT molecular complexity index is 418. The molecule has 2 amide bonds. The van der Waals surface area contributed by atoms with E-state index in [0.29, 0.717) is 30.7 Å². The lowest BCUT2D eigenvalue weighted by atomic mass is 9.97. The van der Waals surface area contributed by atoms with Crippen LogP contribution in [0.25, 0.3) is 0 Å². The molecule has 0 aromatic carbocycles. The predicted octanol–water partition coefficient (Wildman–Crippen LogP) is 1.37. The number of hydrogen-bond donors (Lipinski definition) is 2. The molecule has 6 heteroatoms. The van der Waals surface area contributed by atoms with Gasteiger partial charge < -0.3 is 15.2 Å². The van der Waals surface area contributed by atoms with Gasteiger partial charge in [0.2, 0.25) is 5.89 Å². The number of carbonyl (C=O) groups is 1. The number of nitrogens with one attached hydrogen (secondary N) is 2. The van der Waals surface area contributed by atoms with Crippen LogP contribution in [0.1, 0.15) is 45.3 Å². The summed E-state index contributed by atoms with van der Waals surface area (Å²) in [7, 11) is 0. The van der Waals surface area contributed by atoms with E-state index in [9.17, 15) is 4.79 Å². The maximum absolute atomic E-state index is 11.4. The molecule has 2 N–H and O–H groups in total. The van der Waals surface area contributed by atoms with Gasteiger partial charge in [-0.3, -0.25) is 0 Å². The molecule has 100 valence electrons. The van der Waals surface area contributed by atoms with Crippen LogP contribution in [0, 0.1) is 0 Å². The van der Waals surface area contributed by atoms with Crippen molar-refractivity contribution in [2.45, 2.75) is 51.5 Å². The first-order chi connectivity index (χ1) is 8.45.